The SMILES string of the molecule is C=CCN(C(=O)[C@H]1N([C@@H](CO)CC(C)C)C(=O)[C@@H]2[C@@H](C(=O)O)[C@H]3CC[C@]21O3)c1ccc(N(CC)CC)cc1. The lowest BCUT2D eigenvalue weighted by Crippen LogP contribution is -2.59. The summed E-state index contributed by atoms with van der Waals surface area (Å²) in [7, 11) is 0. The number of amides is 2. The normalized spacial score (nSPS) is 28.5. The largest absolute Gasteiger partial charge is 0.481 e. The fourth-order valence-corrected chi connectivity index (χ4v) is 6.90. The second-order valence-corrected chi connectivity index (χ2v) is 11.0. The number of carbonyl (C=O) groups excluding carboxylic acids is 2. The average molecular weight is 528 g/mol. The van der Waals surface area contributed by atoms with Crippen molar-refractivity contribution in [2.75, 3.05) is 36.0 Å². The van der Waals surface area contributed by atoms with Gasteiger partial charge >= 0.3 is 5.97 Å². The van der Waals surface area contributed by atoms with Crippen molar-refractivity contribution in [3.63, 3.8) is 0 Å². The van der Waals surface area contributed by atoms with Crippen LogP contribution in [0.4, 0.5) is 11.4 Å². The molecule has 9 heteroatoms. The molecule has 3 aliphatic heterocycles. The molecule has 0 unspecified atom stereocenters. The van der Waals surface area contributed by atoms with Gasteiger partial charge in [0.15, 0.2) is 0 Å². The number of nitrogens with zero attached hydrogens (tertiary/aromatic N) is 3. The summed E-state index contributed by atoms with van der Waals surface area (Å²) in [6, 6.07) is 6.05. The Hall–Kier alpha value is -2.91. The molecule has 1 aromatic carbocycles. The first-order chi connectivity index (χ1) is 18.1. The van der Waals surface area contributed by atoms with Gasteiger partial charge in [-0.3, -0.25) is 14.4 Å². The van der Waals surface area contributed by atoms with E-state index in [-0.39, 0.29) is 25.0 Å². The Kier molecular flexibility index (Phi) is 8.18. The molecule has 0 aromatic heterocycles. The van der Waals surface area contributed by atoms with Gasteiger partial charge in [-0.2, -0.15) is 0 Å². The maximum atomic E-state index is 14.5. The molecule has 1 aromatic rings. The quantitative estimate of drug-likeness (QED) is 0.402. The highest BCUT2D eigenvalue weighted by atomic mass is 16.5. The first kappa shape index (κ1) is 28.1. The zero-order chi connectivity index (χ0) is 27.8. The Bertz CT molecular complexity index is 1050. The lowest BCUT2D eigenvalue weighted by molar-refractivity contribution is -0.151. The molecule has 6 atom stereocenters. The number of benzene rings is 1. The number of carbonyl (C=O) groups is 3. The lowest BCUT2D eigenvalue weighted by atomic mass is 9.70. The van der Waals surface area contributed by atoms with Crippen LogP contribution in [-0.2, 0) is 19.1 Å². The van der Waals surface area contributed by atoms with Gasteiger partial charge in [0, 0.05) is 31.0 Å². The van der Waals surface area contributed by atoms with Crippen LogP contribution >= 0.6 is 0 Å². The fourth-order valence-electron chi connectivity index (χ4n) is 6.90. The second kappa shape index (κ2) is 11.1. The Labute approximate surface area is 225 Å². The molecule has 0 aliphatic carbocycles. The van der Waals surface area contributed by atoms with Gasteiger partial charge in [-0.1, -0.05) is 19.9 Å². The van der Waals surface area contributed by atoms with E-state index in [2.05, 4.69) is 25.3 Å². The summed E-state index contributed by atoms with van der Waals surface area (Å²) in [5.41, 5.74) is 0.470. The van der Waals surface area contributed by atoms with Crippen LogP contribution in [0.3, 0.4) is 0 Å². The van der Waals surface area contributed by atoms with Gasteiger partial charge in [0.05, 0.1) is 30.6 Å². The molecule has 3 aliphatic rings. The molecule has 208 valence electrons. The number of likely N-dealkylation sites (tertiary alicyclic amines) is 1. The molecule has 38 heavy (non-hydrogen) atoms. The monoisotopic (exact) mass is 527 g/mol. The fraction of sp³-hybridized carbons (Fsp3) is 0.621. The Morgan fingerprint density at radius 2 is 1.84 bits per heavy atom. The van der Waals surface area contributed by atoms with Crippen molar-refractivity contribution in [2.45, 2.75) is 70.7 Å². The molecule has 3 saturated heterocycles. The zero-order valence-electron chi connectivity index (χ0n) is 22.9. The topological polar surface area (TPSA) is 111 Å². The van der Waals surface area contributed by atoms with Crippen LogP contribution in [0.5, 0.6) is 0 Å². The van der Waals surface area contributed by atoms with E-state index in [0.717, 1.165) is 18.8 Å². The maximum absolute atomic E-state index is 14.5. The van der Waals surface area contributed by atoms with E-state index < -0.39 is 47.5 Å². The third-order valence-electron chi connectivity index (χ3n) is 8.47. The average Bonchev–Trinajstić information content (AvgIpc) is 3.54. The van der Waals surface area contributed by atoms with Gasteiger partial charge in [-0.25, -0.2) is 0 Å². The summed E-state index contributed by atoms with van der Waals surface area (Å²) in [4.78, 5) is 46.0. The second-order valence-electron chi connectivity index (χ2n) is 11.0. The molecule has 2 amide bonds. The van der Waals surface area contributed by atoms with Gasteiger partial charge < -0.3 is 29.6 Å². The highest BCUT2D eigenvalue weighted by molar-refractivity contribution is 6.04. The number of rotatable bonds is 12. The van der Waals surface area contributed by atoms with Crippen LogP contribution in [0, 0.1) is 17.8 Å². The number of carboxylic acids is 1. The van der Waals surface area contributed by atoms with Gasteiger partial charge in [0.25, 0.3) is 5.91 Å². The molecule has 2 bridgehead atoms. The predicted octanol–water partition coefficient (Wildman–Crippen LogP) is 2.92. The number of hydrogen-bond donors (Lipinski definition) is 2. The van der Waals surface area contributed by atoms with Crippen molar-refractivity contribution < 1.29 is 29.3 Å². The van der Waals surface area contributed by atoms with Crippen molar-refractivity contribution in [2.24, 2.45) is 17.8 Å². The third kappa shape index (κ3) is 4.49. The van der Waals surface area contributed by atoms with Crippen LogP contribution in [0.25, 0.3) is 0 Å². The molecule has 2 N–H and O–H groups in total. The Morgan fingerprint density at radius 3 is 2.37 bits per heavy atom. The molecule has 1 spiro atoms. The minimum absolute atomic E-state index is 0.151. The minimum Gasteiger partial charge on any atom is -0.481 e. The van der Waals surface area contributed by atoms with Crippen LogP contribution in [-0.4, -0.2) is 82.9 Å². The molecule has 0 radical (unpaired) electrons. The molecule has 3 heterocycles. The number of aliphatic hydroxyl groups excluding tert-OH is 1. The Morgan fingerprint density at radius 1 is 1.21 bits per heavy atom. The third-order valence-corrected chi connectivity index (χ3v) is 8.47. The summed E-state index contributed by atoms with van der Waals surface area (Å²) in [6.07, 6.45) is 2.42. The number of aliphatic hydroxyl groups is 1. The van der Waals surface area contributed by atoms with Gasteiger partial charge in [-0.05, 0) is 63.3 Å². The summed E-state index contributed by atoms with van der Waals surface area (Å²) < 4.78 is 6.33. The number of anilines is 2. The van der Waals surface area contributed by atoms with Gasteiger partial charge in [0.2, 0.25) is 5.91 Å². The number of fused-ring (bicyclic) bond motifs is 1. The number of hydrogen-bond acceptors (Lipinski definition) is 6. The lowest BCUT2D eigenvalue weighted by Gasteiger charge is -2.39. The number of aliphatic carboxylic acids is 1. The molecule has 9 nitrogen and oxygen atoms in total. The van der Waals surface area contributed by atoms with Crippen LogP contribution in [0.2, 0.25) is 0 Å². The zero-order valence-corrected chi connectivity index (χ0v) is 22.9. The van der Waals surface area contributed by atoms with E-state index >= 15 is 0 Å². The van der Waals surface area contributed by atoms with Gasteiger partial charge in [0.1, 0.15) is 11.6 Å². The molecular formula is C29H41N3O6. The molecule has 0 saturated carbocycles. The Balaban J connectivity index is 1.78. The standard InChI is InChI=1S/C29H41N3O6/c1-6-15-31(20-11-9-19(10-12-20)30(7-2)8-3)27(35)25-29-14-13-22(38-29)23(28(36)37)24(29)26(34)32(25)21(17-33)16-18(4)5/h6,9-12,18,21-25,33H,1,7-8,13-17H2,2-5H3,(H,36,37)/t21-,22-,23+,24+,25-,29+/m1/s1. The van der Waals surface area contributed by atoms with Crippen molar-refractivity contribution in [3.05, 3.63) is 36.9 Å². The van der Waals surface area contributed by atoms with Crippen LogP contribution < -0.4 is 9.80 Å². The van der Waals surface area contributed by atoms with Crippen LogP contribution in [0.15, 0.2) is 36.9 Å². The molecular weight excluding hydrogens is 486 g/mol. The predicted molar refractivity (Wildman–Crippen MR) is 145 cm³/mol. The van der Waals surface area contributed by atoms with Crippen molar-refractivity contribution in [3.8, 4) is 0 Å². The van der Waals surface area contributed by atoms with E-state index in [1.165, 1.54) is 4.90 Å². The summed E-state index contributed by atoms with van der Waals surface area (Å²) >= 11 is 0. The number of carboxylic acid groups (broad SMARTS) is 1. The van der Waals surface area contributed by atoms with E-state index in [1.807, 2.05) is 38.1 Å². The van der Waals surface area contributed by atoms with Crippen molar-refractivity contribution >= 4 is 29.2 Å². The summed E-state index contributed by atoms with van der Waals surface area (Å²) in [6.45, 7) is 13.6. The number of ether oxygens (including phenoxy) is 1. The van der Waals surface area contributed by atoms with Crippen LogP contribution in [0.1, 0.15) is 47.0 Å². The smallest absolute Gasteiger partial charge is 0.310 e. The van der Waals surface area contributed by atoms with E-state index in [0.29, 0.717) is 24.9 Å². The van der Waals surface area contributed by atoms with Crippen molar-refractivity contribution in [1.82, 2.24) is 4.90 Å². The van der Waals surface area contributed by atoms with Crippen molar-refractivity contribution in [1.29, 1.82) is 0 Å². The highest BCUT2D eigenvalue weighted by Gasteiger charge is 2.75. The van der Waals surface area contributed by atoms with E-state index in [1.54, 1.807) is 11.0 Å². The molecule has 3 fully saturated rings. The summed E-state index contributed by atoms with van der Waals surface area (Å²) in [5, 5.41) is 20.4. The van der Waals surface area contributed by atoms with E-state index in [4.69, 9.17) is 4.74 Å². The maximum Gasteiger partial charge on any atom is 0.310 e. The summed E-state index contributed by atoms with van der Waals surface area (Å²) in [5.74, 6) is -3.64. The minimum atomic E-state index is -1.23. The van der Waals surface area contributed by atoms with Gasteiger partial charge in [-0.15, -0.1) is 6.58 Å². The highest BCUT2D eigenvalue weighted by Crippen LogP contribution is 2.59. The first-order valence-corrected chi connectivity index (χ1v) is 13.8. The molecule has 4 rings (SSSR count). The first-order valence-electron chi connectivity index (χ1n) is 13.8. The van der Waals surface area contributed by atoms with E-state index in [9.17, 15) is 24.6 Å².